The molecule has 0 spiro atoms. The van der Waals surface area contributed by atoms with Gasteiger partial charge >= 0.3 is 12.9 Å². The van der Waals surface area contributed by atoms with Crippen LogP contribution in [0.2, 0.25) is 0 Å². The normalized spacial score (nSPS) is 12.3. The van der Waals surface area contributed by atoms with E-state index in [0.717, 1.165) is 12.1 Å². The second-order valence-electron chi connectivity index (χ2n) is 7.06. The van der Waals surface area contributed by atoms with E-state index in [1.54, 1.807) is 27.0 Å². The number of anilines is 1. The van der Waals surface area contributed by atoms with E-state index in [2.05, 4.69) is 22.0 Å². The van der Waals surface area contributed by atoms with E-state index in [-0.39, 0.29) is 17.8 Å². The van der Waals surface area contributed by atoms with Crippen molar-refractivity contribution in [1.29, 1.82) is 0 Å². The summed E-state index contributed by atoms with van der Waals surface area (Å²) in [7, 11) is 1.62. The Hall–Kier alpha value is -2.87. The molecule has 0 saturated carbocycles. The van der Waals surface area contributed by atoms with Crippen LogP contribution in [0, 0.1) is 18.9 Å². The van der Waals surface area contributed by atoms with Gasteiger partial charge in [-0.2, -0.15) is 8.78 Å². The van der Waals surface area contributed by atoms with Crippen LogP contribution in [0.1, 0.15) is 36.1 Å². The molecule has 0 aliphatic heterocycles. The van der Waals surface area contributed by atoms with Gasteiger partial charge in [0, 0.05) is 24.6 Å². The van der Waals surface area contributed by atoms with Crippen molar-refractivity contribution in [2.75, 3.05) is 18.6 Å². The summed E-state index contributed by atoms with van der Waals surface area (Å²) in [6.07, 6.45) is -5.99. The van der Waals surface area contributed by atoms with E-state index in [0.29, 0.717) is 33.6 Å². The SMILES string of the molecule is CCC#CN(c1c(C)c(-c2ccc(OC(F)(F)F)cc2)cc(CNC)c1C(O)CO)C(F)F. The van der Waals surface area contributed by atoms with Crippen LogP contribution >= 0.6 is 0 Å². The summed E-state index contributed by atoms with van der Waals surface area (Å²) >= 11 is 0. The molecule has 1 unspecified atom stereocenters. The molecule has 10 heteroatoms. The maximum atomic E-state index is 14.0. The second kappa shape index (κ2) is 11.3. The number of aliphatic hydroxyl groups is 2. The lowest BCUT2D eigenvalue weighted by atomic mass is 9.89. The van der Waals surface area contributed by atoms with Crippen LogP contribution in [0.15, 0.2) is 30.3 Å². The predicted molar refractivity (Wildman–Crippen MR) is 115 cm³/mol. The minimum absolute atomic E-state index is 0.0640. The number of hydrogen-bond acceptors (Lipinski definition) is 5. The predicted octanol–water partition coefficient (Wildman–Crippen LogP) is 4.71. The summed E-state index contributed by atoms with van der Waals surface area (Å²) in [6.45, 7) is -0.331. The maximum absolute atomic E-state index is 14.0. The van der Waals surface area contributed by atoms with Crippen LogP contribution < -0.4 is 15.0 Å². The largest absolute Gasteiger partial charge is 0.573 e. The number of aliphatic hydroxyl groups excluding tert-OH is 2. The van der Waals surface area contributed by atoms with E-state index in [4.69, 9.17) is 0 Å². The molecule has 5 nitrogen and oxygen atoms in total. The molecule has 0 saturated heterocycles. The van der Waals surface area contributed by atoms with Gasteiger partial charge in [0.2, 0.25) is 0 Å². The third-order valence-corrected chi connectivity index (χ3v) is 4.76. The fourth-order valence-electron chi connectivity index (χ4n) is 3.45. The van der Waals surface area contributed by atoms with Crippen LogP contribution in [-0.2, 0) is 6.54 Å². The Labute approximate surface area is 188 Å². The number of nitrogens with one attached hydrogen (secondary N) is 1. The highest BCUT2D eigenvalue weighted by molar-refractivity contribution is 5.79. The van der Waals surface area contributed by atoms with E-state index in [1.165, 1.54) is 12.1 Å². The van der Waals surface area contributed by atoms with E-state index in [1.807, 2.05) is 0 Å². The Kier molecular flexibility index (Phi) is 9.05. The number of halogens is 5. The Balaban J connectivity index is 2.78. The minimum Gasteiger partial charge on any atom is -0.406 e. The Bertz CT molecular complexity index is 998. The van der Waals surface area contributed by atoms with Crippen molar-refractivity contribution < 1.29 is 36.9 Å². The first-order valence-electron chi connectivity index (χ1n) is 10.1. The van der Waals surface area contributed by atoms with Crippen molar-refractivity contribution in [2.45, 2.75) is 45.8 Å². The summed E-state index contributed by atoms with van der Waals surface area (Å²) in [6, 6.07) is 9.04. The van der Waals surface area contributed by atoms with E-state index >= 15 is 0 Å². The summed E-state index contributed by atoms with van der Waals surface area (Å²) in [5.74, 6) is 2.17. The number of alkyl halides is 5. The zero-order valence-corrected chi connectivity index (χ0v) is 18.3. The highest BCUT2D eigenvalue weighted by atomic mass is 19.4. The van der Waals surface area contributed by atoms with Crippen molar-refractivity contribution in [3.8, 4) is 28.8 Å². The average Bonchev–Trinajstić information content (AvgIpc) is 2.74. The first kappa shape index (κ1) is 26.4. The quantitative estimate of drug-likeness (QED) is 0.225. The molecule has 180 valence electrons. The highest BCUT2D eigenvalue weighted by Gasteiger charge is 2.31. The van der Waals surface area contributed by atoms with Crippen LogP contribution in [0.3, 0.4) is 0 Å². The Morgan fingerprint density at radius 1 is 1.18 bits per heavy atom. The fraction of sp³-hybridized carbons (Fsp3) is 0.391. The third-order valence-electron chi connectivity index (χ3n) is 4.76. The van der Waals surface area contributed by atoms with E-state index in [9.17, 15) is 32.2 Å². The zero-order chi connectivity index (χ0) is 24.8. The van der Waals surface area contributed by atoms with Gasteiger partial charge in [0.25, 0.3) is 0 Å². The zero-order valence-electron chi connectivity index (χ0n) is 18.3. The Morgan fingerprint density at radius 2 is 1.82 bits per heavy atom. The topological polar surface area (TPSA) is 65.0 Å². The van der Waals surface area contributed by atoms with Crippen molar-refractivity contribution >= 4 is 5.69 Å². The molecule has 2 aromatic carbocycles. The van der Waals surface area contributed by atoms with Crippen LogP contribution in [0.4, 0.5) is 27.6 Å². The molecule has 3 N–H and O–H groups in total. The smallest absolute Gasteiger partial charge is 0.406 e. The van der Waals surface area contributed by atoms with Crippen molar-refractivity contribution in [1.82, 2.24) is 5.32 Å². The molecule has 0 aliphatic carbocycles. The molecule has 0 fully saturated rings. The van der Waals surface area contributed by atoms with Crippen LogP contribution in [0.25, 0.3) is 11.1 Å². The molecule has 0 radical (unpaired) electrons. The van der Waals surface area contributed by atoms with Gasteiger partial charge in [-0.25, -0.2) is 4.90 Å². The lowest BCUT2D eigenvalue weighted by Crippen LogP contribution is -2.28. The Morgan fingerprint density at radius 3 is 2.30 bits per heavy atom. The molecule has 0 aromatic heterocycles. The molecule has 0 amide bonds. The maximum Gasteiger partial charge on any atom is 0.573 e. The molecule has 0 aliphatic rings. The average molecular weight is 472 g/mol. The van der Waals surface area contributed by atoms with Crippen LogP contribution in [-0.4, -0.2) is 36.8 Å². The number of hydrogen-bond donors (Lipinski definition) is 3. The molecular formula is C23H25F5N2O3. The van der Waals surface area contributed by atoms with Gasteiger partial charge in [-0.15, -0.1) is 13.2 Å². The van der Waals surface area contributed by atoms with Crippen LogP contribution in [0.5, 0.6) is 5.75 Å². The lowest BCUT2D eigenvalue weighted by Gasteiger charge is -2.28. The van der Waals surface area contributed by atoms with Crippen molar-refractivity contribution in [3.63, 3.8) is 0 Å². The summed E-state index contributed by atoms with van der Waals surface area (Å²) in [5.41, 5.74) is 1.67. The van der Waals surface area contributed by atoms with E-state index < -0.39 is 31.4 Å². The van der Waals surface area contributed by atoms with Gasteiger partial charge in [0.15, 0.2) is 0 Å². The third kappa shape index (κ3) is 6.57. The number of rotatable bonds is 8. The standard InChI is InChI=1S/C23H25F5N2O3/c1-4-5-10-30(22(24)25)21-14(2)18(11-16(12-29-3)20(21)19(32)13-31)15-6-8-17(9-7-15)33-23(26,27)28/h6-9,11,19,22,29,31-32H,4,12-13H2,1-3H3. The number of nitrogens with zero attached hydrogens (tertiary/aromatic N) is 1. The van der Waals surface area contributed by atoms with Gasteiger partial charge in [0.05, 0.1) is 12.3 Å². The number of benzene rings is 2. The first-order chi connectivity index (χ1) is 15.5. The molecule has 1 atom stereocenters. The summed E-state index contributed by atoms with van der Waals surface area (Å²) in [5, 5.41) is 23.0. The molecule has 0 heterocycles. The van der Waals surface area contributed by atoms with Crippen molar-refractivity contribution in [3.05, 3.63) is 47.0 Å². The van der Waals surface area contributed by atoms with Gasteiger partial charge < -0.3 is 20.3 Å². The molecular weight excluding hydrogens is 447 g/mol. The molecule has 33 heavy (non-hydrogen) atoms. The van der Waals surface area contributed by atoms with Gasteiger partial charge in [-0.3, -0.25) is 0 Å². The second-order valence-corrected chi connectivity index (χ2v) is 7.06. The van der Waals surface area contributed by atoms with Gasteiger partial charge in [-0.1, -0.05) is 25.0 Å². The summed E-state index contributed by atoms with van der Waals surface area (Å²) in [4.78, 5) is 0.539. The van der Waals surface area contributed by atoms with Gasteiger partial charge in [0.1, 0.15) is 11.9 Å². The molecule has 2 rings (SSSR count). The minimum atomic E-state index is -4.84. The van der Waals surface area contributed by atoms with Crippen molar-refractivity contribution in [2.24, 2.45) is 0 Å². The first-order valence-corrected chi connectivity index (χ1v) is 10.1. The monoisotopic (exact) mass is 472 g/mol. The lowest BCUT2D eigenvalue weighted by molar-refractivity contribution is -0.274. The fourth-order valence-corrected chi connectivity index (χ4v) is 3.45. The molecule has 0 bridgehead atoms. The highest BCUT2D eigenvalue weighted by Crippen LogP contribution is 2.41. The summed E-state index contributed by atoms with van der Waals surface area (Å²) < 4.78 is 69.4. The molecule has 2 aromatic rings. The number of ether oxygens (including phenoxy) is 1. The van der Waals surface area contributed by atoms with Gasteiger partial charge in [-0.05, 0) is 54.4 Å².